The van der Waals surface area contributed by atoms with Crippen molar-refractivity contribution >= 4 is 33.1 Å². The minimum atomic E-state index is -3.58. The lowest BCUT2D eigenvalue weighted by atomic mass is 10.2. The van der Waals surface area contributed by atoms with Crippen molar-refractivity contribution in [3.05, 3.63) is 28.8 Å². The van der Waals surface area contributed by atoms with Crippen molar-refractivity contribution in [3.8, 4) is 0 Å². The van der Waals surface area contributed by atoms with Crippen LogP contribution in [0.15, 0.2) is 18.2 Å². The Morgan fingerprint density at radius 2 is 2.12 bits per heavy atom. The minimum Gasteiger partial charge on any atom is -0.468 e. The van der Waals surface area contributed by atoms with Gasteiger partial charge in [-0.25, -0.2) is 8.42 Å². The number of sulfone groups is 1. The molecule has 0 saturated carbocycles. The van der Waals surface area contributed by atoms with E-state index < -0.39 is 21.6 Å². The highest BCUT2D eigenvalue weighted by Gasteiger charge is 2.19. The van der Waals surface area contributed by atoms with Crippen LogP contribution < -0.4 is 5.73 Å². The Morgan fingerprint density at radius 3 is 2.65 bits per heavy atom. The van der Waals surface area contributed by atoms with E-state index in [2.05, 4.69) is 4.74 Å². The van der Waals surface area contributed by atoms with E-state index in [-0.39, 0.29) is 11.4 Å². The van der Waals surface area contributed by atoms with Crippen LogP contribution in [0.2, 0.25) is 5.02 Å². The summed E-state index contributed by atoms with van der Waals surface area (Å²) in [5.41, 5.74) is 6.33. The maximum absolute atomic E-state index is 11.6. The van der Waals surface area contributed by atoms with Gasteiger partial charge in [0.1, 0.15) is 5.75 Å². The fraction of sp³-hybridized carbons (Fsp3) is 0.300. The molecule has 0 aromatic heterocycles. The smallest absolute Gasteiger partial charge is 0.320 e. The average Bonchev–Trinajstić information content (AvgIpc) is 2.21. The predicted molar refractivity (Wildman–Crippen MR) is 65.4 cm³/mol. The molecular formula is C10H12ClNO4S. The number of hydrogen-bond donors (Lipinski definition) is 1. The lowest BCUT2D eigenvalue weighted by Crippen LogP contribution is -2.19. The van der Waals surface area contributed by atoms with Crippen LogP contribution in [0.1, 0.15) is 5.56 Å². The molecule has 0 unspecified atom stereocenters. The topological polar surface area (TPSA) is 86.5 Å². The van der Waals surface area contributed by atoms with Gasteiger partial charge in [-0.05, 0) is 17.7 Å². The highest BCUT2D eigenvalue weighted by Crippen LogP contribution is 2.20. The zero-order valence-electron chi connectivity index (χ0n) is 9.14. The van der Waals surface area contributed by atoms with E-state index >= 15 is 0 Å². The third-order valence-corrected chi connectivity index (χ3v) is 3.71. The van der Waals surface area contributed by atoms with Crippen molar-refractivity contribution in [1.82, 2.24) is 0 Å². The standard InChI is InChI=1S/C10H12ClNO4S/c1-16-10(13)6-17(14,15)5-7-2-3-8(11)4-9(7)12/h2-4H,5-6,12H2,1H3. The van der Waals surface area contributed by atoms with Crippen LogP contribution in [0.5, 0.6) is 0 Å². The van der Waals surface area contributed by atoms with Crippen LogP contribution in [0.3, 0.4) is 0 Å². The number of methoxy groups -OCH3 is 1. The molecule has 1 aromatic rings. The van der Waals surface area contributed by atoms with E-state index in [9.17, 15) is 13.2 Å². The van der Waals surface area contributed by atoms with Gasteiger partial charge >= 0.3 is 5.97 Å². The third-order valence-electron chi connectivity index (χ3n) is 2.05. The molecule has 2 N–H and O–H groups in total. The zero-order valence-corrected chi connectivity index (χ0v) is 10.7. The summed E-state index contributed by atoms with van der Waals surface area (Å²) in [5, 5.41) is 0.427. The number of carbonyl (C=O) groups excluding carboxylic acids is 1. The average molecular weight is 278 g/mol. The van der Waals surface area contributed by atoms with Crippen LogP contribution in [0, 0.1) is 0 Å². The van der Waals surface area contributed by atoms with Crippen molar-refractivity contribution in [2.75, 3.05) is 18.6 Å². The van der Waals surface area contributed by atoms with Gasteiger partial charge < -0.3 is 10.5 Å². The summed E-state index contributed by atoms with van der Waals surface area (Å²) >= 11 is 5.69. The van der Waals surface area contributed by atoms with E-state index in [0.29, 0.717) is 10.6 Å². The molecule has 7 heteroatoms. The van der Waals surface area contributed by atoms with Gasteiger partial charge in [0, 0.05) is 10.7 Å². The maximum Gasteiger partial charge on any atom is 0.320 e. The molecule has 0 aliphatic heterocycles. The first-order chi connectivity index (χ1) is 7.84. The number of anilines is 1. The molecule has 0 amide bonds. The Kier molecular flexibility index (Phi) is 4.36. The molecule has 5 nitrogen and oxygen atoms in total. The Bertz CT molecular complexity index is 527. The molecule has 0 fully saturated rings. The second kappa shape index (κ2) is 5.37. The summed E-state index contributed by atoms with van der Waals surface area (Å²) in [6.07, 6.45) is 0. The van der Waals surface area contributed by atoms with Gasteiger partial charge in [0.2, 0.25) is 0 Å². The van der Waals surface area contributed by atoms with Crippen LogP contribution in [0.25, 0.3) is 0 Å². The number of halogens is 1. The number of rotatable bonds is 4. The van der Waals surface area contributed by atoms with Crippen LogP contribution in [-0.4, -0.2) is 27.2 Å². The zero-order chi connectivity index (χ0) is 13.1. The molecule has 0 bridgehead atoms. The number of carbonyl (C=O) groups is 1. The van der Waals surface area contributed by atoms with Crippen LogP contribution in [0.4, 0.5) is 5.69 Å². The van der Waals surface area contributed by atoms with Crippen LogP contribution >= 0.6 is 11.6 Å². The van der Waals surface area contributed by atoms with E-state index in [0.717, 1.165) is 7.11 Å². The summed E-state index contributed by atoms with van der Waals surface area (Å²) < 4.78 is 27.5. The first kappa shape index (κ1) is 13.8. The number of nitrogens with two attached hydrogens (primary N) is 1. The number of nitrogen functional groups attached to an aromatic ring is 1. The summed E-state index contributed by atoms with van der Waals surface area (Å²) in [6, 6.07) is 4.53. The van der Waals surface area contributed by atoms with Crippen molar-refractivity contribution in [1.29, 1.82) is 0 Å². The van der Waals surface area contributed by atoms with Gasteiger partial charge in [-0.1, -0.05) is 17.7 Å². The molecule has 0 atom stereocenters. The van der Waals surface area contributed by atoms with Gasteiger partial charge in [0.05, 0.1) is 12.9 Å². The summed E-state index contributed by atoms with van der Waals surface area (Å²) in [6.45, 7) is 0. The molecule has 1 aromatic carbocycles. The van der Waals surface area contributed by atoms with Crippen molar-refractivity contribution in [2.24, 2.45) is 0 Å². The van der Waals surface area contributed by atoms with E-state index in [4.69, 9.17) is 17.3 Å². The first-order valence-corrected chi connectivity index (χ1v) is 6.85. The van der Waals surface area contributed by atoms with Gasteiger partial charge in [-0.3, -0.25) is 4.79 Å². The molecule has 1 rings (SSSR count). The minimum absolute atomic E-state index is 0.283. The Morgan fingerprint density at radius 1 is 1.47 bits per heavy atom. The Hall–Kier alpha value is -1.27. The normalized spacial score (nSPS) is 11.2. The van der Waals surface area contributed by atoms with E-state index in [1.807, 2.05) is 0 Å². The molecule has 0 saturated heterocycles. The second-order valence-electron chi connectivity index (χ2n) is 3.45. The molecule has 0 aliphatic rings. The molecule has 94 valence electrons. The lowest BCUT2D eigenvalue weighted by Gasteiger charge is -2.06. The first-order valence-electron chi connectivity index (χ1n) is 4.65. The number of hydrogen-bond acceptors (Lipinski definition) is 5. The Balaban J connectivity index is 2.87. The van der Waals surface area contributed by atoms with Crippen LogP contribution in [-0.2, 0) is 25.1 Å². The van der Waals surface area contributed by atoms with Crippen molar-refractivity contribution < 1.29 is 17.9 Å². The van der Waals surface area contributed by atoms with E-state index in [1.54, 1.807) is 6.07 Å². The number of esters is 1. The molecule has 0 aliphatic carbocycles. The maximum atomic E-state index is 11.6. The summed E-state index contributed by atoms with van der Waals surface area (Å²) in [5.74, 6) is -1.77. The molecule has 0 spiro atoms. The Labute approximate surface area is 104 Å². The van der Waals surface area contributed by atoms with Gasteiger partial charge in [-0.2, -0.15) is 0 Å². The fourth-order valence-corrected chi connectivity index (χ4v) is 2.72. The molecular weight excluding hydrogens is 266 g/mol. The van der Waals surface area contributed by atoms with Gasteiger partial charge in [0.15, 0.2) is 9.84 Å². The third kappa shape index (κ3) is 4.24. The highest BCUT2D eigenvalue weighted by atomic mass is 35.5. The lowest BCUT2D eigenvalue weighted by molar-refractivity contribution is -0.137. The predicted octanol–water partition coefficient (Wildman–Crippen LogP) is 1.01. The van der Waals surface area contributed by atoms with Gasteiger partial charge in [0.25, 0.3) is 0 Å². The van der Waals surface area contributed by atoms with Crippen molar-refractivity contribution in [2.45, 2.75) is 5.75 Å². The highest BCUT2D eigenvalue weighted by molar-refractivity contribution is 7.91. The fourth-order valence-electron chi connectivity index (χ4n) is 1.22. The second-order valence-corrected chi connectivity index (χ2v) is 5.95. The number of ether oxygens (including phenoxy) is 1. The van der Waals surface area contributed by atoms with Gasteiger partial charge in [-0.15, -0.1) is 0 Å². The largest absolute Gasteiger partial charge is 0.468 e. The van der Waals surface area contributed by atoms with Crippen molar-refractivity contribution in [3.63, 3.8) is 0 Å². The monoisotopic (exact) mass is 277 g/mol. The SMILES string of the molecule is COC(=O)CS(=O)(=O)Cc1ccc(Cl)cc1N. The molecule has 0 heterocycles. The quantitative estimate of drug-likeness (QED) is 0.656. The summed E-state index contributed by atoms with van der Waals surface area (Å²) in [4.78, 5) is 10.9. The van der Waals surface area contributed by atoms with E-state index in [1.165, 1.54) is 12.1 Å². The summed E-state index contributed by atoms with van der Waals surface area (Å²) in [7, 11) is -2.45. The molecule has 17 heavy (non-hydrogen) atoms. The molecule has 0 radical (unpaired) electrons. The number of benzene rings is 1.